The first-order chi connectivity index (χ1) is 14.9. The lowest BCUT2D eigenvalue weighted by molar-refractivity contribution is -0.384. The van der Waals surface area contributed by atoms with Gasteiger partial charge in [0, 0.05) is 33.4 Å². The number of hydrogen-bond donors (Lipinski definition) is 0. The maximum atomic E-state index is 12.6. The molecule has 0 bridgehead atoms. The van der Waals surface area contributed by atoms with Crippen molar-refractivity contribution in [1.82, 2.24) is 0 Å². The van der Waals surface area contributed by atoms with Crippen molar-refractivity contribution in [3.05, 3.63) is 86.6 Å². The van der Waals surface area contributed by atoms with Gasteiger partial charge in [-0.05, 0) is 58.4 Å². The number of hydrogen-bond acceptors (Lipinski definition) is 6. The van der Waals surface area contributed by atoms with Gasteiger partial charge in [0.05, 0.1) is 11.5 Å². The van der Waals surface area contributed by atoms with Crippen LogP contribution in [0.4, 0.5) is 16.2 Å². The summed E-state index contributed by atoms with van der Waals surface area (Å²) in [7, 11) is 0. The maximum absolute atomic E-state index is 12.6. The highest BCUT2D eigenvalue weighted by Crippen LogP contribution is 2.32. The standard InChI is InChI=1S/C22H15BrN2O6/c23-19-13-16(25(28)29)4-7-18(19)21-9-6-17(31-21)5-8-20(26)14-2-1-3-15(12-14)24-10-11-30-22(24)27/h1-9,12-13H,10-11H2/b8-5+. The van der Waals surface area contributed by atoms with Crippen molar-refractivity contribution in [2.45, 2.75) is 0 Å². The molecule has 0 atom stereocenters. The van der Waals surface area contributed by atoms with Crippen LogP contribution >= 0.6 is 15.9 Å². The predicted octanol–water partition coefficient (Wildman–Crippen LogP) is 5.47. The van der Waals surface area contributed by atoms with Crippen LogP contribution in [-0.4, -0.2) is 30.0 Å². The van der Waals surface area contributed by atoms with Gasteiger partial charge >= 0.3 is 6.09 Å². The third-order valence-electron chi connectivity index (χ3n) is 4.66. The minimum absolute atomic E-state index is 0.0303. The number of ether oxygens (including phenoxy) is 1. The summed E-state index contributed by atoms with van der Waals surface area (Å²) in [6, 6.07) is 14.6. The Kier molecular flexibility index (Phi) is 5.68. The summed E-state index contributed by atoms with van der Waals surface area (Å²) in [5, 5.41) is 10.9. The van der Waals surface area contributed by atoms with E-state index in [0.717, 1.165) is 0 Å². The average Bonchev–Trinajstić information content (AvgIpc) is 3.41. The number of carbonyl (C=O) groups excluding carboxylic acids is 2. The molecule has 3 aromatic rings. The van der Waals surface area contributed by atoms with Crippen LogP contribution in [0.2, 0.25) is 0 Å². The molecule has 0 aliphatic carbocycles. The van der Waals surface area contributed by atoms with Crippen molar-refractivity contribution >= 4 is 45.3 Å². The van der Waals surface area contributed by atoms with Crippen LogP contribution in [0.5, 0.6) is 0 Å². The Hall–Kier alpha value is -3.72. The van der Waals surface area contributed by atoms with Crippen molar-refractivity contribution < 1.29 is 23.7 Å². The summed E-state index contributed by atoms with van der Waals surface area (Å²) in [5.74, 6) is 0.708. The van der Waals surface area contributed by atoms with Gasteiger partial charge in [-0.25, -0.2) is 4.79 Å². The average molecular weight is 483 g/mol. The number of nitro groups is 1. The normalized spacial score (nSPS) is 13.6. The van der Waals surface area contributed by atoms with E-state index in [1.807, 2.05) is 0 Å². The SMILES string of the molecule is O=C(/C=C/c1ccc(-c2ccc([N+](=O)[O-])cc2Br)o1)c1cccc(N2CCOC2=O)c1. The molecule has 0 spiro atoms. The van der Waals surface area contributed by atoms with Gasteiger partial charge in [0.15, 0.2) is 5.78 Å². The number of nitro benzene ring substituents is 1. The first-order valence-corrected chi connectivity index (χ1v) is 10.0. The van der Waals surface area contributed by atoms with Crippen molar-refractivity contribution in [3.8, 4) is 11.3 Å². The first-order valence-electron chi connectivity index (χ1n) is 9.23. The summed E-state index contributed by atoms with van der Waals surface area (Å²) in [4.78, 5) is 36.2. The second kappa shape index (κ2) is 8.57. The van der Waals surface area contributed by atoms with Crippen LogP contribution in [-0.2, 0) is 4.74 Å². The highest BCUT2D eigenvalue weighted by molar-refractivity contribution is 9.10. The van der Waals surface area contributed by atoms with Gasteiger partial charge in [0.2, 0.25) is 0 Å². The fourth-order valence-corrected chi connectivity index (χ4v) is 3.68. The molecule has 1 fully saturated rings. The minimum atomic E-state index is -0.474. The van der Waals surface area contributed by atoms with E-state index in [-0.39, 0.29) is 11.5 Å². The molecule has 31 heavy (non-hydrogen) atoms. The van der Waals surface area contributed by atoms with E-state index >= 15 is 0 Å². The molecule has 8 nitrogen and oxygen atoms in total. The van der Waals surface area contributed by atoms with Crippen LogP contribution in [0.3, 0.4) is 0 Å². The van der Waals surface area contributed by atoms with E-state index in [1.54, 1.807) is 48.5 Å². The molecule has 9 heteroatoms. The van der Waals surface area contributed by atoms with Crippen LogP contribution in [0.25, 0.3) is 17.4 Å². The molecule has 1 aliphatic rings. The molecule has 156 valence electrons. The maximum Gasteiger partial charge on any atom is 0.414 e. The summed E-state index contributed by atoms with van der Waals surface area (Å²) in [6.07, 6.45) is 2.50. The van der Waals surface area contributed by atoms with Gasteiger partial charge in [-0.2, -0.15) is 0 Å². The van der Waals surface area contributed by atoms with E-state index < -0.39 is 11.0 Å². The number of allylic oxidation sites excluding steroid dienone is 1. The van der Waals surface area contributed by atoms with Crippen LogP contribution in [0, 0.1) is 10.1 Å². The first kappa shape index (κ1) is 20.5. The number of anilines is 1. The van der Waals surface area contributed by atoms with Gasteiger partial charge < -0.3 is 9.15 Å². The van der Waals surface area contributed by atoms with E-state index in [4.69, 9.17) is 9.15 Å². The van der Waals surface area contributed by atoms with E-state index in [0.29, 0.717) is 46.0 Å². The summed E-state index contributed by atoms with van der Waals surface area (Å²) >= 11 is 3.32. The number of ketones is 1. The molecule has 0 unspecified atom stereocenters. The van der Waals surface area contributed by atoms with Crippen LogP contribution in [0.15, 0.2) is 69.6 Å². The second-order valence-corrected chi connectivity index (χ2v) is 7.49. The predicted molar refractivity (Wildman–Crippen MR) is 117 cm³/mol. The summed E-state index contributed by atoms with van der Waals surface area (Å²) in [5.41, 5.74) is 1.66. The van der Waals surface area contributed by atoms with Gasteiger partial charge in [-0.1, -0.05) is 12.1 Å². The van der Waals surface area contributed by atoms with Crippen LogP contribution < -0.4 is 4.90 Å². The number of amides is 1. The molecule has 2 aromatic carbocycles. The van der Waals surface area contributed by atoms with Crippen molar-refractivity contribution in [3.63, 3.8) is 0 Å². The Balaban J connectivity index is 1.50. The highest BCUT2D eigenvalue weighted by atomic mass is 79.9. The lowest BCUT2D eigenvalue weighted by atomic mass is 10.1. The smallest absolute Gasteiger partial charge is 0.414 e. The molecular formula is C22H15BrN2O6. The van der Waals surface area contributed by atoms with Crippen LogP contribution in [0.1, 0.15) is 16.1 Å². The molecule has 1 saturated heterocycles. The Bertz CT molecular complexity index is 1220. The van der Waals surface area contributed by atoms with Gasteiger partial charge in [-0.15, -0.1) is 0 Å². The summed E-state index contributed by atoms with van der Waals surface area (Å²) < 4.78 is 11.2. The number of halogens is 1. The summed E-state index contributed by atoms with van der Waals surface area (Å²) in [6.45, 7) is 0.766. The Morgan fingerprint density at radius 3 is 2.71 bits per heavy atom. The Morgan fingerprint density at radius 1 is 1.16 bits per heavy atom. The fourth-order valence-electron chi connectivity index (χ4n) is 3.11. The molecule has 4 rings (SSSR count). The monoisotopic (exact) mass is 482 g/mol. The number of carbonyl (C=O) groups is 2. The Morgan fingerprint density at radius 2 is 2.00 bits per heavy atom. The largest absolute Gasteiger partial charge is 0.457 e. The topological polar surface area (TPSA) is 103 Å². The number of furan rings is 1. The number of rotatable bonds is 6. The molecular weight excluding hydrogens is 468 g/mol. The number of non-ortho nitro benzene ring substituents is 1. The zero-order valence-corrected chi connectivity index (χ0v) is 17.6. The molecule has 1 aliphatic heterocycles. The van der Waals surface area contributed by atoms with E-state index in [9.17, 15) is 19.7 Å². The van der Waals surface area contributed by atoms with Gasteiger partial charge in [0.1, 0.15) is 18.1 Å². The van der Waals surface area contributed by atoms with Crippen molar-refractivity contribution in [2.24, 2.45) is 0 Å². The number of cyclic esters (lactones) is 1. The molecule has 0 N–H and O–H groups in total. The van der Waals surface area contributed by atoms with Crippen molar-refractivity contribution in [1.29, 1.82) is 0 Å². The zero-order valence-electron chi connectivity index (χ0n) is 16.0. The molecule has 1 aromatic heterocycles. The van der Waals surface area contributed by atoms with Gasteiger partial charge in [-0.3, -0.25) is 19.8 Å². The molecule has 2 heterocycles. The Labute approximate surface area is 185 Å². The van der Waals surface area contributed by atoms with E-state index in [1.165, 1.54) is 23.1 Å². The highest BCUT2D eigenvalue weighted by Gasteiger charge is 2.23. The number of benzene rings is 2. The third kappa shape index (κ3) is 4.41. The molecule has 1 amide bonds. The lowest BCUT2D eigenvalue weighted by Gasteiger charge is -2.13. The molecule has 0 saturated carbocycles. The molecule has 0 radical (unpaired) electrons. The zero-order chi connectivity index (χ0) is 22.0. The minimum Gasteiger partial charge on any atom is -0.457 e. The van der Waals surface area contributed by atoms with Gasteiger partial charge in [0.25, 0.3) is 5.69 Å². The van der Waals surface area contributed by atoms with Crippen molar-refractivity contribution in [2.75, 3.05) is 18.1 Å². The quantitative estimate of drug-likeness (QED) is 0.199. The third-order valence-corrected chi connectivity index (χ3v) is 5.31. The number of nitrogens with zero attached hydrogens (tertiary/aromatic N) is 2. The lowest BCUT2D eigenvalue weighted by Crippen LogP contribution is -2.23. The van der Waals surface area contributed by atoms with E-state index in [2.05, 4.69) is 15.9 Å². The second-order valence-electron chi connectivity index (χ2n) is 6.64. The fraction of sp³-hybridized carbons (Fsp3) is 0.0909.